The standard InChI is InChI=1S/C44H40N4O8/c49-37-25-13-15-29-35-30-16-14-26(33(25)35)38(50)45(37)21-9-5-1-2-6-10-22-46-39(51)27-17-19-31-36-32(20-18-28(34(27)36)40(46)52)44(56)48(43(31)55)24-12-8-4-3-7-11-23-47(41(29)53)42(30)54/h13-20H,1-12,21-24H2. The molecule has 4 aromatic carbocycles. The molecule has 4 aromatic rings. The summed E-state index contributed by atoms with van der Waals surface area (Å²) in [5, 5.41) is 1.47. The SMILES string of the molecule is O=C1c2ccc3c4c5ccc(c24)C(=O)N1CCCCCCCCN1C(=O)c2ccc4c6c(ccc(c26)C1=O)C(=O)N(CCCCCCCCN(C3=O)C5=O)C4=O. The van der Waals surface area contributed by atoms with Crippen molar-refractivity contribution in [1.82, 2.24) is 19.6 Å². The molecule has 0 radical (unpaired) electrons. The molecular formula is C44H40N4O8. The lowest BCUT2D eigenvalue weighted by Gasteiger charge is -2.32. The van der Waals surface area contributed by atoms with Crippen LogP contribution >= 0.6 is 0 Å². The number of rotatable bonds is 0. The summed E-state index contributed by atoms with van der Waals surface area (Å²) >= 11 is 0. The molecule has 8 amide bonds. The molecule has 15 aliphatic rings. The molecule has 0 N–H and O–H groups in total. The Bertz CT molecular complexity index is 2000. The van der Waals surface area contributed by atoms with Crippen LogP contribution in [-0.2, 0) is 0 Å². The van der Waals surface area contributed by atoms with Crippen molar-refractivity contribution < 1.29 is 38.4 Å². The van der Waals surface area contributed by atoms with E-state index < -0.39 is 47.3 Å². The van der Waals surface area contributed by atoms with Gasteiger partial charge in [0.1, 0.15) is 0 Å². The van der Waals surface area contributed by atoms with Crippen LogP contribution in [0.5, 0.6) is 0 Å². The van der Waals surface area contributed by atoms with Crippen molar-refractivity contribution in [2.24, 2.45) is 0 Å². The van der Waals surface area contributed by atoms with E-state index in [0.29, 0.717) is 91.7 Å². The fourth-order valence-corrected chi connectivity index (χ4v) is 9.26. The fraction of sp³-hybridized carbons (Fsp3) is 0.364. The zero-order valence-electron chi connectivity index (χ0n) is 31.0. The number of carbonyl (C=O) groups excluding carboxylic acids is 8. The molecule has 19 rings (SSSR count). The molecule has 284 valence electrons. The topological polar surface area (TPSA) is 150 Å². The predicted octanol–water partition coefficient (Wildman–Crippen LogP) is 6.77. The van der Waals surface area contributed by atoms with Crippen LogP contribution < -0.4 is 0 Å². The summed E-state index contributed by atoms with van der Waals surface area (Å²) in [6, 6.07) is 12.8. The van der Waals surface area contributed by atoms with Crippen molar-refractivity contribution in [3.63, 3.8) is 0 Å². The van der Waals surface area contributed by atoms with Crippen LogP contribution in [0, 0.1) is 0 Å². The number of hydrogen-bond donors (Lipinski definition) is 0. The van der Waals surface area contributed by atoms with Gasteiger partial charge in [-0.3, -0.25) is 58.0 Å². The van der Waals surface area contributed by atoms with Crippen molar-refractivity contribution >= 4 is 68.8 Å². The van der Waals surface area contributed by atoms with E-state index in [2.05, 4.69) is 0 Å². The molecular weight excluding hydrogens is 713 g/mol. The molecule has 56 heavy (non-hydrogen) atoms. The monoisotopic (exact) mass is 752 g/mol. The molecule has 12 heteroatoms. The molecule has 0 spiro atoms. The van der Waals surface area contributed by atoms with Crippen LogP contribution in [0.25, 0.3) is 21.5 Å². The Morgan fingerprint density at radius 2 is 0.375 bits per heavy atom. The minimum Gasteiger partial charge on any atom is -0.274 e. The van der Waals surface area contributed by atoms with Gasteiger partial charge in [-0.2, -0.15) is 0 Å². The molecule has 15 heterocycles. The van der Waals surface area contributed by atoms with E-state index in [9.17, 15) is 38.4 Å². The first-order chi connectivity index (χ1) is 27.2. The Balaban J connectivity index is 0.950. The highest BCUT2D eigenvalue weighted by Gasteiger charge is 2.41. The van der Waals surface area contributed by atoms with Crippen LogP contribution in [0.3, 0.4) is 0 Å². The summed E-state index contributed by atoms with van der Waals surface area (Å²) < 4.78 is 0. The van der Waals surface area contributed by atoms with Gasteiger partial charge in [-0.25, -0.2) is 0 Å². The molecule has 0 saturated carbocycles. The molecule has 0 aliphatic carbocycles. The quantitative estimate of drug-likeness (QED) is 0.179. The van der Waals surface area contributed by atoms with Crippen LogP contribution in [0.15, 0.2) is 48.5 Å². The first-order valence-electron chi connectivity index (χ1n) is 19.8. The first kappa shape index (κ1) is 35.6. The third kappa shape index (κ3) is 5.40. The number of amides is 8. The second-order valence-electron chi connectivity index (χ2n) is 15.4. The summed E-state index contributed by atoms with van der Waals surface area (Å²) in [4.78, 5) is 114. The summed E-state index contributed by atoms with van der Waals surface area (Å²) in [6.07, 6.45) is 8.69. The summed E-state index contributed by atoms with van der Waals surface area (Å²) in [5.41, 5.74) is 2.48. The average molecular weight is 753 g/mol. The van der Waals surface area contributed by atoms with Crippen LogP contribution in [0.1, 0.15) is 160 Å². The first-order valence-corrected chi connectivity index (χ1v) is 19.8. The van der Waals surface area contributed by atoms with Gasteiger partial charge in [0.15, 0.2) is 0 Å². The molecule has 0 fully saturated rings. The van der Waals surface area contributed by atoms with Crippen LogP contribution in [0.2, 0.25) is 0 Å². The van der Waals surface area contributed by atoms with Crippen LogP contribution in [-0.4, -0.2) is 93.0 Å². The van der Waals surface area contributed by atoms with Gasteiger partial charge in [0.05, 0.1) is 0 Å². The Morgan fingerprint density at radius 3 is 0.536 bits per heavy atom. The summed E-state index contributed by atoms with van der Waals surface area (Å²) in [7, 11) is 0. The molecule has 0 atom stereocenters. The van der Waals surface area contributed by atoms with E-state index in [1.165, 1.54) is 19.6 Å². The number of hydrogen-bond acceptors (Lipinski definition) is 8. The Labute approximate surface area is 322 Å². The van der Waals surface area contributed by atoms with Gasteiger partial charge in [0.2, 0.25) is 0 Å². The minimum absolute atomic E-state index is 0.230. The zero-order valence-corrected chi connectivity index (χ0v) is 31.0. The normalized spacial score (nSPS) is 19.9. The third-order valence-electron chi connectivity index (χ3n) is 12.2. The number of nitrogens with zero attached hydrogens (tertiary/aromatic N) is 4. The molecule has 12 nitrogen and oxygen atoms in total. The fourth-order valence-electron chi connectivity index (χ4n) is 9.26. The van der Waals surface area contributed by atoms with Gasteiger partial charge < -0.3 is 0 Å². The number of carbonyl (C=O) groups is 8. The molecule has 0 unspecified atom stereocenters. The van der Waals surface area contributed by atoms with Crippen molar-refractivity contribution in [2.45, 2.75) is 77.0 Å². The maximum atomic E-state index is 13.7. The zero-order chi connectivity index (χ0) is 38.8. The number of imide groups is 4. The Morgan fingerprint density at radius 1 is 0.232 bits per heavy atom. The van der Waals surface area contributed by atoms with Gasteiger partial charge in [0, 0.05) is 92.2 Å². The second kappa shape index (κ2) is 13.9. The third-order valence-corrected chi connectivity index (χ3v) is 12.2. The summed E-state index contributed by atoms with van der Waals surface area (Å²) in [6.45, 7) is 0.921. The van der Waals surface area contributed by atoms with Gasteiger partial charge in [-0.1, -0.05) is 51.4 Å². The predicted molar refractivity (Wildman–Crippen MR) is 205 cm³/mol. The largest absolute Gasteiger partial charge is 0.274 e. The van der Waals surface area contributed by atoms with E-state index >= 15 is 0 Å². The highest BCUT2D eigenvalue weighted by Crippen LogP contribution is 2.40. The maximum absolute atomic E-state index is 13.7. The highest BCUT2D eigenvalue weighted by molar-refractivity contribution is 6.34. The lowest BCUT2D eigenvalue weighted by atomic mass is 9.85. The Hall–Kier alpha value is -6.04. The Kier molecular flexibility index (Phi) is 8.86. The van der Waals surface area contributed by atoms with Crippen molar-refractivity contribution in [2.75, 3.05) is 26.2 Å². The van der Waals surface area contributed by atoms with Crippen molar-refractivity contribution in [1.29, 1.82) is 0 Å². The van der Waals surface area contributed by atoms with Gasteiger partial charge in [-0.15, -0.1) is 0 Å². The second-order valence-corrected chi connectivity index (χ2v) is 15.4. The van der Waals surface area contributed by atoms with Crippen LogP contribution in [0.4, 0.5) is 0 Å². The minimum atomic E-state index is -0.433. The smallest absolute Gasteiger partial charge is 0.261 e. The van der Waals surface area contributed by atoms with E-state index in [1.54, 1.807) is 48.5 Å². The maximum Gasteiger partial charge on any atom is 0.261 e. The lowest BCUT2D eigenvalue weighted by molar-refractivity contribution is 0.0584. The van der Waals surface area contributed by atoms with E-state index in [4.69, 9.17) is 0 Å². The van der Waals surface area contributed by atoms with E-state index in [-0.39, 0.29) is 26.2 Å². The lowest BCUT2D eigenvalue weighted by Crippen LogP contribution is -2.43. The van der Waals surface area contributed by atoms with Gasteiger partial charge in [-0.05, 0) is 74.2 Å². The molecule has 16 bridgehead atoms. The highest BCUT2D eigenvalue weighted by atomic mass is 16.2. The van der Waals surface area contributed by atoms with Crippen molar-refractivity contribution in [3.05, 3.63) is 93.0 Å². The summed E-state index contributed by atoms with van der Waals surface area (Å²) in [5.74, 6) is -3.47. The number of benzene rings is 4. The van der Waals surface area contributed by atoms with Gasteiger partial charge in [0.25, 0.3) is 47.3 Å². The van der Waals surface area contributed by atoms with Crippen molar-refractivity contribution in [3.8, 4) is 0 Å². The van der Waals surface area contributed by atoms with E-state index in [0.717, 1.165) is 51.4 Å². The molecule has 0 aromatic heterocycles. The molecule has 0 saturated heterocycles. The average Bonchev–Trinajstić information content (AvgIpc) is 3.20. The molecule has 15 aliphatic heterocycles. The van der Waals surface area contributed by atoms with Gasteiger partial charge >= 0.3 is 0 Å². The van der Waals surface area contributed by atoms with E-state index in [1.807, 2.05) is 0 Å².